The highest BCUT2D eigenvalue weighted by atomic mass is 32.1. The molecule has 16 heavy (non-hydrogen) atoms. The lowest BCUT2D eigenvalue weighted by atomic mass is 10.1. The van der Waals surface area contributed by atoms with Crippen LogP contribution >= 0.6 is 11.3 Å². The number of hydrogen-bond donors (Lipinski definition) is 1. The molecule has 2 rings (SSSR count). The van der Waals surface area contributed by atoms with Gasteiger partial charge in [-0.3, -0.25) is 0 Å². The molecule has 2 unspecified atom stereocenters. The number of hydrogen-bond acceptors (Lipinski definition) is 3. The van der Waals surface area contributed by atoms with Crippen molar-refractivity contribution in [3.63, 3.8) is 0 Å². The van der Waals surface area contributed by atoms with Crippen molar-refractivity contribution in [2.45, 2.75) is 51.7 Å². The van der Waals surface area contributed by atoms with E-state index in [0.717, 1.165) is 30.7 Å². The fraction of sp³-hybridized carbons (Fsp3) is 0.692. The summed E-state index contributed by atoms with van der Waals surface area (Å²) in [6, 6.07) is 2.15. The Morgan fingerprint density at radius 1 is 1.56 bits per heavy atom. The molecule has 0 aromatic carbocycles. The zero-order valence-corrected chi connectivity index (χ0v) is 10.8. The number of thiophene rings is 1. The van der Waals surface area contributed by atoms with Gasteiger partial charge in [-0.1, -0.05) is 0 Å². The van der Waals surface area contributed by atoms with Crippen LogP contribution in [0.4, 0.5) is 0 Å². The maximum atomic E-state index is 10.1. The first-order chi connectivity index (χ1) is 7.66. The van der Waals surface area contributed by atoms with Crippen LogP contribution in [0.3, 0.4) is 0 Å². The van der Waals surface area contributed by atoms with Crippen molar-refractivity contribution >= 4 is 11.3 Å². The first kappa shape index (κ1) is 12.1. The van der Waals surface area contributed by atoms with E-state index in [0.29, 0.717) is 6.10 Å². The highest BCUT2D eigenvalue weighted by molar-refractivity contribution is 7.12. The van der Waals surface area contributed by atoms with Gasteiger partial charge in [0.15, 0.2) is 0 Å². The van der Waals surface area contributed by atoms with Crippen LogP contribution in [0, 0.1) is 13.8 Å². The van der Waals surface area contributed by atoms with Crippen LogP contribution in [0.25, 0.3) is 0 Å². The summed E-state index contributed by atoms with van der Waals surface area (Å²) in [5.41, 5.74) is 1.22. The largest absolute Gasteiger partial charge is 0.388 e. The molecular weight excluding hydrogens is 220 g/mol. The quantitative estimate of drug-likeness (QED) is 0.874. The standard InChI is InChI=1S/C13H20O2S/c1-9-8-10(2)16-13(9)12(14)6-5-11-4-3-7-15-11/h8,11-12,14H,3-7H2,1-2H3. The average Bonchev–Trinajstić information content (AvgIpc) is 2.84. The normalized spacial score (nSPS) is 22.6. The molecule has 0 amide bonds. The summed E-state index contributed by atoms with van der Waals surface area (Å²) in [5, 5.41) is 10.1. The summed E-state index contributed by atoms with van der Waals surface area (Å²) in [6.07, 6.45) is 4.23. The molecule has 3 heteroatoms. The summed E-state index contributed by atoms with van der Waals surface area (Å²) >= 11 is 1.71. The highest BCUT2D eigenvalue weighted by Gasteiger charge is 2.19. The molecule has 0 spiro atoms. The van der Waals surface area contributed by atoms with Gasteiger partial charge in [0.05, 0.1) is 12.2 Å². The van der Waals surface area contributed by atoms with Crippen LogP contribution in [0.2, 0.25) is 0 Å². The maximum absolute atomic E-state index is 10.1. The molecular formula is C13H20O2S. The number of aliphatic hydroxyl groups is 1. The molecule has 1 aliphatic rings. The third-order valence-electron chi connectivity index (χ3n) is 3.17. The zero-order valence-electron chi connectivity index (χ0n) is 10.0. The predicted octanol–water partition coefficient (Wildman–Crippen LogP) is 3.36. The summed E-state index contributed by atoms with van der Waals surface area (Å²) in [7, 11) is 0. The Morgan fingerprint density at radius 3 is 2.94 bits per heavy atom. The van der Waals surface area contributed by atoms with Crippen molar-refractivity contribution in [1.29, 1.82) is 0 Å². The van der Waals surface area contributed by atoms with Gasteiger partial charge in [-0.25, -0.2) is 0 Å². The molecule has 1 aliphatic heterocycles. The van der Waals surface area contributed by atoms with Crippen LogP contribution in [0.5, 0.6) is 0 Å². The molecule has 0 saturated carbocycles. The van der Waals surface area contributed by atoms with Crippen LogP contribution in [0.1, 0.15) is 47.1 Å². The van der Waals surface area contributed by atoms with Crippen LogP contribution < -0.4 is 0 Å². The van der Waals surface area contributed by atoms with Crippen LogP contribution in [-0.2, 0) is 4.74 Å². The molecule has 2 atom stereocenters. The fourth-order valence-corrected chi connectivity index (χ4v) is 3.39. The van der Waals surface area contributed by atoms with Crippen molar-refractivity contribution in [2.75, 3.05) is 6.61 Å². The Hall–Kier alpha value is -0.380. The summed E-state index contributed by atoms with van der Waals surface area (Å²) in [6.45, 7) is 5.07. The summed E-state index contributed by atoms with van der Waals surface area (Å²) in [4.78, 5) is 2.42. The second-order valence-corrected chi connectivity index (χ2v) is 5.92. The van der Waals surface area contributed by atoms with Gasteiger partial charge in [-0.05, 0) is 51.2 Å². The lowest BCUT2D eigenvalue weighted by Gasteiger charge is -2.13. The van der Waals surface area contributed by atoms with Crippen molar-refractivity contribution in [2.24, 2.45) is 0 Å². The van der Waals surface area contributed by atoms with Crippen molar-refractivity contribution < 1.29 is 9.84 Å². The van der Waals surface area contributed by atoms with E-state index in [-0.39, 0.29) is 6.10 Å². The molecule has 0 aliphatic carbocycles. The molecule has 1 aromatic heterocycles. The number of aryl methyl sites for hydroxylation is 2. The third-order valence-corrected chi connectivity index (χ3v) is 4.42. The predicted molar refractivity (Wildman–Crippen MR) is 67.0 cm³/mol. The van der Waals surface area contributed by atoms with Gasteiger partial charge < -0.3 is 9.84 Å². The Morgan fingerprint density at radius 2 is 2.38 bits per heavy atom. The first-order valence-corrected chi connectivity index (χ1v) is 6.85. The molecule has 1 N–H and O–H groups in total. The molecule has 2 nitrogen and oxygen atoms in total. The van der Waals surface area contributed by atoms with Crippen LogP contribution in [0.15, 0.2) is 6.07 Å². The third kappa shape index (κ3) is 2.84. The van der Waals surface area contributed by atoms with Gasteiger partial charge in [0, 0.05) is 16.4 Å². The van der Waals surface area contributed by atoms with Crippen molar-refractivity contribution in [3.8, 4) is 0 Å². The van der Waals surface area contributed by atoms with E-state index in [4.69, 9.17) is 4.74 Å². The molecule has 1 aromatic rings. The van der Waals surface area contributed by atoms with Gasteiger partial charge in [0.1, 0.15) is 0 Å². The van der Waals surface area contributed by atoms with Gasteiger partial charge >= 0.3 is 0 Å². The minimum atomic E-state index is -0.303. The van der Waals surface area contributed by atoms with E-state index in [1.54, 1.807) is 11.3 Å². The smallest absolute Gasteiger partial charge is 0.0885 e. The second-order valence-electron chi connectivity index (χ2n) is 4.63. The van der Waals surface area contributed by atoms with Crippen molar-refractivity contribution in [3.05, 3.63) is 21.4 Å². The Labute approximate surface area is 101 Å². The topological polar surface area (TPSA) is 29.5 Å². The minimum Gasteiger partial charge on any atom is -0.388 e. The van der Waals surface area contributed by atoms with Crippen LogP contribution in [-0.4, -0.2) is 17.8 Å². The van der Waals surface area contributed by atoms with E-state index in [9.17, 15) is 5.11 Å². The summed E-state index contributed by atoms with van der Waals surface area (Å²) in [5.74, 6) is 0. The molecule has 0 bridgehead atoms. The zero-order chi connectivity index (χ0) is 11.5. The van der Waals surface area contributed by atoms with E-state index >= 15 is 0 Å². The average molecular weight is 240 g/mol. The first-order valence-electron chi connectivity index (χ1n) is 6.03. The lowest BCUT2D eigenvalue weighted by molar-refractivity contribution is 0.0819. The summed E-state index contributed by atoms with van der Waals surface area (Å²) < 4.78 is 5.57. The second kappa shape index (κ2) is 5.30. The van der Waals surface area contributed by atoms with Gasteiger partial charge in [-0.15, -0.1) is 11.3 Å². The maximum Gasteiger partial charge on any atom is 0.0885 e. The number of aliphatic hydroxyl groups excluding tert-OH is 1. The van der Waals surface area contributed by atoms with Gasteiger partial charge in [-0.2, -0.15) is 0 Å². The van der Waals surface area contributed by atoms with Gasteiger partial charge in [0.25, 0.3) is 0 Å². The fourth-order valence-electron chi connectivity index (χ4n) is 2.34. The SMILES string of the molecule is Cc1cc(C)c(C(O)CCC2CCCO2)s1. The molecule has 90 valence electrons. The van der Waals surface area contributed by atoms with Gasteiger partial charge in [0.2, 0.25) is 0 Å². The molecule has 2 heterocycles. The highest BCUT2D eigenvalue weighted by Crippen LogP contribution is 2.31. The van der Waals surface area contributed by atoms with E-state index in [1.165, 1.54) is 16.9 Å². The van der Waals surface area contributed by atoms with Crippen molar-refractivity contribution in [1.82, 2.24) is 0 Å². The molecule has 0 radical (unpaired) electrons. The van der Waals surface area contributed by atoms with E-state index in [1.807, 2.05) is 0 Å². The van der Waals surface area contributed by atoms with E-state index in [2.05, 4.69) is 19.9 Å². The number of rotatable bonds is 4. The molecule has 1 saturated heterocycles. The minimum absolute atomic E-state index is 0.303. The lowest BCUT2D eigenvalue weighted by Crippen LogP contribution is -2.07. The molecule has 1 fully saturated rings. The van der Waals surface area contributed by atoms with E-state index < -0.39 is 0 Å². The Balaban J connectivity index is 1.87. The Bertz CT molecular complexity index is 340. The number of ether oxygens (including phenoxy) is 1. The monoisotopic (exact) mass is 240 g/mol. The Kier molecular flexibility index (Phi) is 4.00.